The zero-order chi connectivity index (χ0) is 15.6. The maximum atomic E-state index is 12.7. The van der Waals surface area contributed by atoms with Crippen LogP contribution in [-0.2, 0) is 17.3 Å². The van der Waals surface area contributed by atoms with E-state index < -0.39 is 11.7 Å². The molecule has 0 fully saturated rings. The van der Waals surface area contributed by atoms with Gasteiger partial charge in [-0.1, -0.05) is 39.0 Å². The van der Waals surface area contributed by atoms with Crippen LogP contribution < -0.4 is 5.73 Å². The molecule has 20 heavy (non-hydrogen) atoms. The van der Waals surface area contributed by atoms with Crippen molar-refractivity contribution in [2.24, 2.45) is 11.1 Å². The SMILES string of the molecule is COC(C(N)Cc1cccc(C(F)(F)F)c1)C(C)(C)C. The number of nitrogens with two attached hydrogens (primary N) is 1. The third kappa shape index (κ3) is 4.49. The van der Waals surface area contributed by atoms with E-state index in [1.807, 2.05) is 20.8 Å². The third-order valence-corrected chi connectivity index (χ3v) is 3.22. The van der Waals surface area contributed by atoms with Crippen LogP contribution in [-0.4, -0.2) is 19.3 Å². The average Bonchev–Trinajstić information content (AvgIpc) is 2.26. The van der Waals surface area contributed by atoms with Crippen LogP contribution in [0.4, 0.5) is 13.2 Å². The van der Waals surface area contributed by atoms with Crippen molar-refractivity contribution in [1.29, 1.82) is 0 Å². The van der Waals surface area contributed by atoms with Crippen molar-refractivity contribution in [2.75, 3.05) is 7.11 Å². The summed E-state index contributed by atoms with van der Waals surface area (Å²) in [5, 5.41) is 0. The van der Waals surface area contributed by atoms with E-state index in [0.29, 0.717) is 12.0 Å². The molecule has 0 aliphatic rings. The third-order valence-electron chi connectivity index (χ3n) is 3.22. The normalized spacial score (nSPS) is 16.0. The van der Waals surface area contributed by atoms with Gasteiger partial charge >= 0.3 is 6.18 Å². The predicted molar refractivity (Wildman–Crippen MR) is 73.4 cm³/mol. The fourth-order valence-corrected chi connectivity index (χ4v) is 2.42. The van der Waals surface area contributed by atoms with Gasteiger partial charge in [-0.15, -0.1) is 0 Å². The molecule has 0 aliphatic heterocycles. The van der Waals surface area contributed by atoms with Crippen molar-refractivity contribution in [2.45, 2.75) is 45.5 Å². The zero-order valence-corrected chi connectivity index (χ0v) is 12.3. The molecule has 2 atom stereocenters. The van der Waals surface area contributed by atoms with Crippen molar-refractivity contribution in [3.8, 4) is 0 Å². The summed E-state index contributed by atoms with van der Waals surface area (Å²) in [7, 11) is 1.57. The minimum Gasteiger partial charge on any atom is -0.379 e. The number of benzene rings is 1. The summed E-state index contributed by atoms with van der Waals surface area (Å²) in [5.74, 6) is 0. The van der Waals surface area contributed by atoms with Crippen LogP contribution in [0.3, 0.4) is 0 Å². The first-order valence-corrected chi connectivity index (χ1v) is 6.50. The van der Waals surface area contributed by atoms with E-state index >= 15 is 0 Å². The Morgan fingerprint density at radius 3 is 2.25 bits per heavy atom. The second-order valence-electron chi connectivity index (χ2n) is 6.09. The van der Waals surface area contributed by atoms with E-state index in [2.05, 4.69) is 0 Å². The van der Waals surface area contributed by atoms with E-state index in [-0.39, 0.29) is 17.6 Å². The van der Waals surface area contributed by atoms with E-state index in [4.69, 9.17) is 10.5 Å². The Hall–Kier alpha value is -1.07. The lowest BCUT2D eigenvalue weighted by Gasteiger charge is -2.34. The number of alkyl halides is 3. The Balaban J connectivity index is 2.88. The van der Waals surface area contributed by atoms with Crippen molar-refractivity contribution in [3.05, 3.63) is 35.4 Å². The van der Waals surface area contributed by atoms with Gasteiger partial charge in [0.25, 0.3) is 0 Å². The molecule has 1 aromatic rings. The van der Waals surface area contributed by atoms with Gasteiger partial charge in [-0.25, -0.2) is 0 Å². The maximum Gasteiger partial charge on any atom is 0.416 e. The molecule has 0 saturated carbocycles. The lowest BCUT2D eigenvalue weighted by molar-refractivity contribution is -0.137. The van der Waals surface area contributed by atoms with Crippen molar-refractivity contribution in [1.82, 2.24) is 0 Å². The minimum atomic E-state index is -4.33. The van der Waals surface area contributed by atoms with E-state index in [1.165, 1.54) is 6.07 Å². The number of halogens is 3. The van der Waals surface area contributed by atoms with Gasteiger partial charge in [0.15, 0.2) is 0 Å². The molecule has 2 unspecified atom stereocenters. The number of hydrogen-bond acceptors (Lipinski definition) is 2. The fraction of sp³-hybridized carbons (Fsp3) is 0.600. The van der Waals surface area contributed by atoms with Gasteiger partial charge in [0.2, 0.25) is 0 Å². The molecule has 1 rings (SSSR count). The largest absolute Gasteiger partial charge is 0.416 e. The Morgan fingerprint density at radius 1 is 1.20 bits per heavy atom. The van der Waals surface area contributed by atoms with Crippen molar-refractivity contribution >= 4 is 0 Å². The number of ether oxygens (including phenoxy) is 1. The van der Waals surface area contributed by atoms with Crippen LogP contribution in [0.1, 0.15) is 31.9 Å². The minimum absolute atomic E-state index is 0.171. The van der Waals surface area contributed by atoms with Crippen LogP contribution >= 0.6 is 0 Å². The van der Waals surface area contributed by atoms with Crippen LogP contribution in [0.5, 0.6) is 0 Å². The maximum absolute atomic E-state index is 12.7. The molecule has 1 aromatic carbocycles. The molecule has 0 saturated heterocycles. The van der Waals surface area contributed by atoms with Gasteiger partial charge in [0.05, 0.1) is 11.7 Å². The molecule has 0 aromatic heterocycles. The van der Waals surface area contributed by atoms with Gasteiger partial charge in [0.1, 0.15) is 0 Å². The standard InChI is InChI=1S/C15H22F3NO/c1-14(2,3)13(20-4)12(19)9-10-6-5-7-11(8-10)15(16,17)18/h5-8,12-13H,9,19H2,1-4H3. The predicted octanol–water partition coefficient (Wildman–Crippen LogP) is 3.64. The lowest BCUT2D eigenvalue weighted by atomic mass is 9.82. The highest BCUT2D eigenvalue weighted by atomic mass is 19.4. The molecule has 0 spiro atoms. The monoisotopic (exact) mass is 289 g/mol. The summed E-state index contributed by atoms with van der Waals surface area (Å²) in [4.78, 5) is 0. The summed E-state index contributed by atoms with van der Waals surface area (Å²) in [6.07, 6.45) is -4.21. The highest BCUT2D eigenvalue weighted by Gasteiger charge is 2.32. The first-order chi connectivity index (χ1) is 9.05. The molecule has 2 N–H and O–H groups in total. The summed E-state index contributed by atoms with van der Waals surface area (Å²) < 4.78 is 43.4. The highest BCUT2D eigenvalue weighted by Crippen LogP contribution is 2.30. The van der Waals surface area contributed by atoms with Crippen molar-refractivity contribution in [3.63, 3.8) is 0 Å². The number of rotatable bonds is 4. The molecule has 0 radical (unpaired) electrons. The molecular weight excluding hydrogens is 267 g/mol. The second kappa shape index (κ2) is 6.14. The summed E-state index contributed by atoms with van der Waals surface area (Å²) >= 11 is 0. The second-order valence-corrected chi connectivity index (χ2v) is 6.09. The highest BCUT2D eigenvalue weighted by molar-refractivity contribution is 5.26. The molecule has 5 heteroatoms. The van der Waals surface area contributed by atoms with Crippen LogP contribution in [0.2, 0.25) is 0 Å². The Labute approximate surface area is 118 Å². The quantitative estimate of drug-likeness (QED) is 0.918. The summed E-state index contributed by atoms with van der Waals surface area (Å²) in [6, 6.07) is 4.92. The Kier molecular flexibility index (Phi) is 5.21. The van der Waals surface area contributed by atoms with Crippen LogP contribution in [0.25, 0.3) is 0 Å². The Bertz CT molecular complexity index is 437. The average molecular weight is 289 g/mol. The molecule has 0 bridgehead atoms. The lowest BCUT2D eigenvalue weighted by Crippen LogP contribution is -2.46. The first-order valence-electron chi connectivity index (χ1n) is 6.50. The van der Waals surface area contributed by atoms with Gasteiger partial charge in [-0.2, -0.15) is 13.2 Å². The van der Waals surface area contributed by atoms with Crippen LogP contribution in [0.15, 0.2) is 24.3 Å². The van der Waals surface area contributed by atoms with Gasteiger partial charge < -0.3 is 10.5 Å². The molecular formula is C15H22F3NO. The zero-order valence-electron chi connectivity index (χ0n) is 12.3. The Morgan fingerprint density at radius 2 is 1.80 bits per heavy atom. The number of hydrogen-bond donors (Lipinski definition) is 1. The van der Waals surface area contributed by atoms with E-state index in [0.717, 1.165) is 12.1 Å². The molecule has 0 heterocycles. The smallest absolute Gasteiger partial charge is 0.379 e. The molecule has 0 amide bonds. The van der Waals surface area contributed by atoms with Gasteiger partial charge in [-0.05, 0) is 23.5 Å². The summed E-state index contributed by atoms with van der Waals surface area (Å²) in [5.41, 5.74) is 5.85. The first kappa shape index (κ1) is 17.0. The van der Waals surface area contributed by atoms with E-state index in [1.54, 1.807) is 13.2 Å². The number of methoxy groups -OCH3 is 1. The van der Waals surface area contributed by atoms with Crippen LogP contribution in [0, 0.1) is 5.41 Å². The topological polar surface area (TPSA) is 35.2 Å². The fourth-order valence-electron chi connectivity index (χ4n) is 2.42. The van der Waals surface area contributed by atoms with Crippen molar-refractivity contribution < 1.29 is 17.9 Å². The molecule has 2 nitrogen and oxygen atoms in total. The molecule has 114 valence electrons. The van der Waals surface area contributed by atoms with E-state index in [9.17, 15) is 13.2 Å². The summed E-state index contributed by atoms with van der Waals surface area (Å²) in [6.45, 7) is 5.98. The molecule has 0 aliphatic carbocycles. The van der Waals surface area contributed by atoms with Gasteiger partial charge in [-0.3, -0.25) is 0 Å². The van der Waals surface area contributed by atoms with Gasteiger partial charge in [0, 0.05) is 13.2 Å².